The number of ether oxygens (including phenoxy) is 1. The van der Waals surface area contributed by atoms with Gasteiger partial charge in [-0.3, -0.25) is 4.98 Å². The van der Waals surface area contributed by atoms with Gasteiger partial charge in [0.25, 0.3) is 0 Å². The molecule has 0 aliphatic heterocycles. The van der Waals surface area contributed by atoms with E-state index < -0.39 is 0 Å². The SMILES string of the molecule is Oc1ccc(Oc2ccnc3ccccc23)cc1Cl. The van der Waals surface area contributed by atoms with Gasteiger partial charge in [0.2, 0.25) is 0 Å². The molecule has 3 nitrogen and oxygen atoms in total. The van der Waals surface area contributed by atoms with E-state index in [1.165, 1.54) is 6.07 Å². The minimum atomic E-state index is 0.0357. The summed E-state index contributed by atoms with van der Waals surface area (Å²) in [6.45, 7) is 0. The van der Waals surface area contributed by atoms with Crippen molar-refractivity contribution in [3.8, 4) is 17.2 Å². The van der Waals surface area contributed by atoms with E-state index in [2.05, 4.69) is 4.98 Å². The van der Waals surface area contributed by atoms with E-state index in [-0.39, 0.29) is 10.8 Å². The van der Waals surface area contributed by atoms with Crippen LogP contribution in [0, 0.1) is 0 Å². The number of fused-ring (bicyclic) bond motifs is 1. The molecule has 1 heterocycles. The number of halogens is 1. The van der Waals surface area contributed by atoms with Crippen molar-refractivity contribution in [2.24, 2.45) is 0 Å². The second kappa shape index (κ2) is 4.78. The van der Waals surface area contributed by atoms with Crippen LogP contribution in [0.3, 0.4) is 0 Å². The zero-order valence-corrected chi connectivity index (χ0v) is 10.6. The summed E-state index contributed by atoms with van der Waals surface area (Å²) in [7, 11) is 0. The fraction of sp³-hybridized carbons (Fsp3) is 0. The van der Waals surface area contributed by atoms with Crippen molar-refractivity contribution in [3.05, 3.63) is 59.8 Å². The Morgan fingerprint density at radius 3 is 2.74 bits per heavy atom. The molecule has 0 unspecified atom stereocenters. The summed E-state index contributed by atoms with van der Waals surface area (Å²) in [5.74, 6) is 1.31. The fourth-order valence-corrected chi connectivity index (χ4v) is 2.01. The molecule has 0 atom stereocenters. The molecule has 2 aromatic carbocycles. The third-order valence-electron chi connectivity index (χ3n) is 2.76. The zero-order chi connectivity index (χ0) is 13.2. The first kappa shape index (κ1) is 11.8. The smallest absolute Gasteiger partial charge is 0.138 e. The third kappa shape index (κ3) is 2.33. The van der Waals surface area contributed by atoms with Crippen molar-refractivity contribution in [1.29, 1.82) is 0 Å². The Kier molecular flexibility index (Phi) is 2.97. The van der Waals surface area contributed by atoms with Crippen LogP contribution in [0.1, 0.15) is 0 Å². The number of aromatic hydroxyl groups is 1. The predicted molar refractivity (Wildman–Crippen MR) is 74.9 cm³/mol. The standard InChI is InChI=1S/C15H10ClNO2/c16-12-9-10(5-6-14(12)18)19-15-7-8-17-13-4-2-1-3-11(13)15/h1-9,18H. The van der Waals surface area contributed by atoms with E-state index in [1.54, 1.807) is 24.4 Å². The summed E-state index contributed by atoms with van der Waals surface area (Å²) in [6, 6.07) is 14.3. The molecule has 0 fully saturated rings. The number of para-hydroxylation sites is 1. The second-order valence-electron chi connectivity index (χ2n) is 4.04. The van der Waals surface area contributed by atoms with Crippen molar-refractivity contribution >= 4 is 22.5 Å². The Morgan fingerprint density at radius 2 is 1.89 bits per heavy atom. The van der Waals surface area contributed by atoms with Gasteiger partial charge in [0, 0.05) is 17.6 Å². The number of phenols is 1. The summed E-state index contributed by atoms with van der Waals surface area (Å²) in [5.41, 5.74) is 0.866. The van der Waals surface area contributed by atoms with Gasteiger partial charge in [0.15, 0.2) is 0 Å². The van der Waals surface area contributed by atoms with E-state index in [1.807, 2.05) is 24.3 Å². The highest BCUT2D eigenvalue weighted by Gasteiger charge is 2.05. The van der Waals surface area contributed by atoms with Gasteiger partial charge in [-0.05, 0) is 30.3 Å². The van der Waals surface area contributed by atoms with Crippen LogP contribution in [0.2, 0.25) is 5.02 Å². The summed E-state index contributed by atoms with van der Waals surface area (Å²) in [6.07, 6.45) is 1.69. The summed E-state index contributed by atoms with van der Waals surface area (Å²) in [4.78, 5) is 4.27. The maximum atomic E-state index is 9.38. The van der Waals surface area contributed by atoms with E-state index in [0.29, 0.717) is 11.5 Å². The first-order chi connectivity index (χ1) is 9.24. The van der Waals surface area contributed by atoms with Crippen LogP contribution in [0.4, 0.5) is 0 Å². The lowest BCUT2D eigenvalue weighted by Crippen LogP contribution is -1.87. The molecular formula is C15H10ClNO2. The number of rotatable bonds is 2. The largest absolute Gasteiger partial charge is 0.506 e. The number of hydrogen-bond donors (Lipinski definition) is 1. The number of benzene rings is 2. The second-order valence-corrected chi connectivity index (χ2v) is 4.45. The van der Waals surface area contributed by atoms with Crippen LogP contribution < -0.4 is 4.74 Å². The van der Waals surface area contributed by atoms with Crippen molar-refractivity contribution in [2.75, 3.05) is 0 Å². The molecule has 1 aromatic heterocycles. The molecule has 19 heavy (non-hydrogen) atoms. The van der Waals surface area contributed by atoms with Crippen molar-refractivity contribution in [2.45, 2.75) is 0 Å². The lowest BCUT2D eigenvalue weighted by molar-refractivity contribution is 0.466. The molecular weight excluding hydrogens is 262 g/mol. The van der Waals surface area contributed by atoms with Gasteiger partial charge in [-0.25, -0.2) is 0 Å². The van der Waals surface area contributed by atoms with Crippen LogP contribution in [-0.2, 0) is 0 Å². The van der Waals surface area contributed by atoms with E-state index in [4.69, 9.17) is 16.3 Å². The minimum Gasteiger partial charge on any atom is -0.506 e. The number of aromatic nitrogens is 1. The molecule has 0 bridgehead atoms. The summed E-state index contributed by atoms with van der Waals surface area (Å²) in [5, 5.41) is 10.6. The molecule has 4 heteroatoms. The Morgan fingerprint density at radius 1 is 1.05 bits per heavy atom. The molecule has 0 saturated heterocycles. The minimum absolute atomic E-state index is 0.0357. The van der Waals surface area contributed by atoms with Crippen molar-refractivity contribution < 1.29 is 9.84 Å². The van der Waals surface area contributed by atoms with Gasteiger partial charge in [0.05, 0.1) is 10.5 Å². The molecule has 1 N–H and O–H groups in total. The number of phenolic OH excluding ortho intramolecular Hbond substituents is 1. The van der Waals surface area contributed by atoms with Gasteiger partial charge >= 0.3 is 0 Å². The van der Waals surface area contributed by atoms with Crippen LogP contribution in [0.25, 0.3) is 10.9 Å². The Balaban J connectivity index is 2.03. The highest BCUT2D eigenvalue weighted by molar-refractivity contribution is 6.32. The first-order valence-corrected chi connectivity index (χ1v) is 6.12. The molecule has 0 saturated carbocycles. The van der Waals surface area contributed by atoms with Gasteiger partial charge in [-0.1, -0.05) is 23.7 Å². The fourth-order valence-electron chi connectivity index (χ4n) is 1.84. The predicted octanol–water partition coefficient (Wildman–Crippen LogP) is 4.39. The average molecular weight is 272 g/mol. The van der Waals surface area contributed by atoms with Crippen LogP contribution >= 0.6 is 11.6 Å². The van der Waals surface area contributed by atoms with Gasteiger partial charge in [0.1, 0.15) is 17.2 Å². The number of pyridine rings is 1. The summed E-state index contributed by atoms with van der Waals surface area (Å²) < 4.78 is 5.79. The highest BCUT2D eigenvalue weighted by Crippen LogP contribution is 2.32. The van der Waals surface area contributed by atoms with Crippen LogP contribution in [-0.4, -0.2) is 10.1 Å². The van der Waals surface area contributed by atoms with Gasteiger partial charge in [-0.15, -0.1) is 0 Å². The highest BCUT2D eigenvalue weighted by atomic mass is 35.5. The number of nitrogens with zero attached hydrogens (tertiary/aromatic N) is 1. The topological polar surface area (TPSA) is 42.4 Å². The monoisotopic (exact) mass is 271 g/mol. The van der Waals surface area contributed by atoms with Crippen molar-refractivity contribution in [3.63, 3.8) is 0 Å². The molecule has 94 valence electrons. The average Bonchev–Trinajstić information content (AvgIpc) is 2.43. The maximum absolute atomic E-state index is 9.38. The lowest BCUT2D eigenvalue weighted by Gasteiger charge is -2.09. The maximum Gasteiger partial charge on any atom is 0.138 e. The summed E-state index contributed by atoms with van der Waals surface area (Å²) >= 11 is 5.86. The van der Waals surface area contributed by atoms with E-state index in [9.17, 15) is 5.11 Å². The van der Waals surface area contributed by atoms with Gasteiger partial charge in [-0.2, -0.15) is 0 Å². The first-order valence-electron chi connectivity index (χ1n) is 5.74. The van der Waals surface area contributed by atoms with E-state index in [0.717, 1.165) is 10.9 Å². The Hall–Kier alpha value is -2.26. The van der Waals surface area contributed by atoms with Crippen molar-refractivity contribution in [1.82, 2.24) is 4.98 Å². The van der Waals surface area contributed by atoms with Crippen LogP contribution in [0.15, 0.2) is 54.7 Å². The quantitative estimate of drug-likeness (QED) is 0.752. The van der Waals surface area contributed by atoms with Crippen LogP contribution in [0.5, 0.6) is 17.2 Å². The molecule has 0 spiro atoms. The Labute approximate surface area is 115 Å². The third-order valence-corrected chi connectivity index (χ3v) is 3.06. The molecule has 0 amide bonds. The van der Waals surface area contributed by atoms with Gasteiger partial charge < -0.3 is 9.84 Å². The Bertz CT molecular complexity index is 738. The molecule has 0 aliphatic carbocycles. The molecule has 0 aliphatic rings. The zero-order valence-electron chi connectivity index (χ0n) is 9.88. The lowest BCUT2D eigenvalue weighted by atomic mass is 10.2. The molecule has 3 aromatic rings. The molecule has 0 radical (unpaired) electrons. The van der Waals surface area contributed by atoms with E-state index >= 15 is 0 Å². The number of hydrogen-bond acceptors (Lipinski definition) is 3. The normalized spacial score (nSPS) is 10.6. The molecule has 3 rings (SSSR count).